The van der Waals surface area contributed by atoms with E-state index in [-0.39, 0.29) is 11.3 Å². The summed E-state index contributed by atoms with van der Waals surface area (Å²) in [7, 11) is 0. The largest absolute Gasteiger partial charge is 0.389 e. The first-order valence-electron chi connectivity index (χ1n) is 9.39. The third-order valence-electron chi connectivity index (χ3n) is 5.39. The zero-order valence-electron chi connectivity index (χ0n) is 15.2. The van der Waals surface area contributed by atoms with Gasteiger partial charge in [-0.25, -0.2) is 0 Å². The zero-order valence-corrected chi connectivity index (χ0v) is 15.9. The Balaban J connectivity index is 1.89. The Morgan fingerprint density at radius 3 is 2.48 bits per heavy atom. The van der Waals surface area contributed by atoms with E-state index in [9.17, 15) is 9.90 Å². The first-order valence-corrected chi connectivity index (χ1v) is 9.83. The number of benzene rings is 1. The number of likely N-dealkylation sites (tertiary alicyclic amines) is 1. The van der Waals surface area contributed by atoms with E-state index < -0.39 is 11.5 Å². The van der Waals surface area contributed by atoms with Crippen molar-refractivity contribution in [1.82, 2.24) is 4.90 Å². The second-order valence-corrected chi connectivity index (χ2v) is 7.76. The van der Waals surface area contributed by atoms with E-state index in [2.05, 4.69) is 11.8 Å². The summed E-state index contributed by atoms with van der Waals surface area (Å²) < 4.78 is 0. The minimum atomic E-state index is -0.968. The highest BCUT2D eigenvalue weighted by molar-refractivity contribution is 6.21. The van der Waals surface area contributed by atoms with Crippen LogP contribution in [0.4, 0.5) is 0 Å². The molecule has 0 bridgehead atoms. The summed E-state index contributed by atoms with van der Waals surface area (Å²) >= 11 is 6.53. The first kappa shape index (κ1) is 20.2. The van der Waals surface area contributed by atoms with E-state index in [1.165, 1.54) is 0 Å². The van der Waals surface area contributed by atoms with Crippen molar-refractivity contribution in [3.05, 3.63) is 35.9 Å². The van der Waals surface area contributed by atoms with Gasteiger partial charge in [0.25, 0.3) is 0 Å². The van der Waals surface area contributed by atoms with Crippen LogP contribution in [-0.2, 0) is 4.79 Å². The van der Waals surface area contributed by atoms with Crippen molar-refractivity contribution < 1.29 is 9.90 Å². The molecule has 2 atom stereocenters. The van der Waals surface area contributed by atoms with Gasteiger partial charge in [-0.3, -0.25) is 4.79 Å². The van der Waals surface area contributed by atoms with Crippen LogP contribution < -0.4 is 5.73 Å². The van der Waals surface area contributed by atoms with Gasteiger partial charge in [-0.1, -0.05) is 56.5 Å². The van der Waals surface area contributed by atoms with Crippen molar-refractivity contribution >= 4 is 17.5 Å². The number of nitrogens with zero attached hydrogens (tertiary/aromatic N) is 1. The number of aliphatic hydroxyl groups is 1. The van der Waals surface area contributed by atoms with Gasteiger partial charge in [0.2, 0.25) is 5.91 Å². The van der Waals surface area contributed by atoms with Crippen LogP contribution in [0.1, 0.15) is 56.4 Å². The molecule has 0 aliphatic carbocycles. The maximum atomic E-state index is 11.9. The maximum absolute atomic E-state index is 11.9. The molecule has 1 saturated heterocycles. The van der Waals surface area contributed by atoms with E-state index in [1.807, 2.05) is 30.3 Å². The molecule has 0 spiro atoms. The van der Waals surface area contributed by atoms with Crippen LogP contribution in [0.15, 0.2) is 30.3 Å². The number of halogens is 1. The van der Waals surface area contributed by atoms with Crippen molar-refractivity contribution in [3.8, 4) is 0 Å². The molecule has 1 amide bonds. The number of hydrogen-bond donors (Lipinski definition) is 2. The quantitative estimate of drug-likeness (QED) is 0.519. The second-order valence-electron chi connectivity index (χ2n) is 7.23. The average Bonchev–Trinajstić information content (AvgIpc) is 2.61. The fourth-order valence-corrected chi connectivity index (χ4v) is 4.08. The van der Waals surface area contributed by atoms with Crippen LogP contribution in [0.2, 0.25) is 0 Å². The number of alkyl halides is 1. The molecule has 3 N–H and O–H groups in total. The van der Waals surface area contributed by atoms with Crippen LogP contribution in [0.5, 0.6) is 0 Å². The lowest BCUT2D eigenvalue weighted by molar-refractivity contribution is -0.136. The van der Waals surface area contributed by atoms with Gasteiger partial charge >= 0.3 is 0 Å². The van der Waals surface area contributed by atoms with Gasteiger partial charge in [0.05, 0.1) is 16.9 Å². The van der Waals surface area contributed by atoms with Crippen molar-refractivity contribution in [1.29, 1.82) is 0 Å². The molecule has 2 rings (SSSR count). The van der Waals surface area contributed by atoms with Gasteiger partial charge in [-0.2, -0.15) is 0 Å². The standard InChI is InChI=1S/C20H31ClN2O2/c1-2-3-5-10-17(19(22)24)20(25)11-13-23(14-12-20)15-18(21)16-8-6-4-7-9-16/h4,6-9,17-18,25H,2-3,5,10-15H2,1H3,(H2,22,24). The summed E-state index contributed by atoms with van der Waals surface area (Å²) in [6, 6.07) is 10.0. The molecule has 1 aromatic carbocycles. The molecule has 0 radical (unpaired) electrons. The zero-order chi connectivity index (χ0) is 18.3. The third kappa shape index (κ3) is 5.70. The molecule has 2 unspecified atom stereocenters. The van der Waals surface area contributed by atoms with E-state index in [0.29, 0.717) is 19.3 Å². The van der Waals surface area contributed by atoms with Crippen LogP contribution in [0.25, 0.3) is 0 Å². The Kier molecular flexibility index (Phi) is 7.73. The SMILES string of the molecule is CCCCCC(C(N)=O)C1(O)CCN(CC(Cl)c2ccccc2)CC1. The molecule has 0 saturated carbocycles. The molecular weight excluding hydrogens is 336 g/mol. The van der Waals surface area contributed by atoms with Gasteiger partial charge in [-0.15, -0.1) is 11.6 Å². The van der Waals surface area contributed by atoms with Crippen LogP contribution >= 0.6 is 11.6 Å². The predicted molar refractivity (Wildman–Crippen MR) is 102 cm³/mol. The van der Waals surface area contributed by atoms with Crippen molar-refractivity contribution in [2.45, 2.75) is 56.4 Å². The van der Waals surface area contributed by atoms with E-state index in [4.69, 9.17) is 17.3 Å². The summed E-state index contributed by atoms with van der Waals surface area (Å²) in [5.74, 6) is -0.811. The molecule has 1 fully saturated rings. The summed E-state index contributed by atoms with van der Waals surface area (Å²) in [4.78, 5) is 14.1. The second kappa shape index (κ2) is 9.56. The van der Waals surface area contributed by atoms with Crippen molar-refractivity contribution in [3.63, 3.8) is 0 Å². The van der Waals surface area contributed by atoms with Crippen LogP contribution in [-0.4, -0.2) is 41.1 Å². The number of hydrogen-bond acceptors (Lipinski definition) is 3. The Bertz CT molecular complexity index is 530. The fraction of sp³-hybridized carbons (Fsp3) is 0.650. The van der Waals surface area contributed by atoms with E-state index >= 15 is 0 Å². The van der Waals surface area contributed by atoms with Crippen molar-refractivity contribution in [2.75, 3.05) is 19.6 Å². The third-order valence-corrected chi connectivity index (χ3v) is 5.78. The normalized spacial score (nSPS) is 20.1. The molecular formula is C20H31ClN2O2. The van der Waals surface area contributed by atoms with Gasteiger partial charge in [0, 0.05) is 19.6 Å². The number of rotatable bonds is 9. The van der Waals surface area contributed by atoms with Gasteiger partial charge in [0.1, 0.15) is 0 Å². The first-order chi connectivity index (χ1) is 12.0. The number of carbonyl (C=O) groups excluding carboxylic acids is 1. The van der Waals surface area contributed by atoms with E-state index in [0.717, 1.165) is 44.5 Å². The number of primary amides is 1. The monoisotopic (exact) mass is 366 g/mol. The molecule has 5 heteroatoms. The predicted octanol–water partition coefficient (Wildman–Crippen LogP) is 3.48. The molecule has 1 aliphatic heterocycles. The van der Waals surface area contributed by atoms with Gasteiger partial charge in [0.15, 0.2) is 0 Å². The lowest BCUT2D eigenvalue weighted by Gasteiger charge is -2.42. The average molecular weight is 367 g/mol. The Morgan fingerprint density at radius 1 is 1.28 bits per heavy atom. The molecule has 1 heterocycles. The number of unbranched alkanes of at least 4 members (excludes halogenated alkanes) is 2. The summed E-state index contributed by atoms with van der Waals surface area (Å²) in [5.41, 5.74) is 5.74. The molecule has 1 aliphatic rings. The van der Waals surface area contributed by atoms with E-state index in [1.54, 1.807) is 0 Å². The Morgan fingerprint density at radius 2 is 1.92 bits per heavy atom. The van der Waals surface area contributed by atoms with Crippen LogP contribution in [0.3, 0.4) is 0 Å². The molecule has 1 aromatic rings. The highest BCUT2D eigenvalue weighted by atomic mass is 35.5. The molecule has 4 nitrogen and oxygen atoms in total. The van der Waals surface area contributed by atoms with Crippen molar-refractivity contribution in [2.24, 2.45) is 11.7 Å². The van der Waals surface area contributed by atoms with Crippen LogP contribution in [0, 0.1) is 5.92 Å². The summed E-state index contributed by atoms with van der Waals surface area (Å²) in [5, 5.41) is 10.9. The molecule has 0 aromatic heterocycles. The fourth-order valence-electron chi connectivity index (χ4n) is 3.74. The molecule has 25 heavy (non-hydrogen) atoms. The van der Waals surface area contributed by atoms with Gasteiger partial charge < -0.3 is 15.7 Å². The minimum absolute atomic E-state index is 0.0658. The number of amides is 1. The highest BCUT2D eigenvalue weighted by Gasteiger charge is 2.42. The lowest BCUT2D eigenvalue weighted by Crippen LogP contribution is -2.52. The summed E-state index contributed by atoms with van der Waals surface area (Å²) in [6.07, 6.45) is 4.93. The smallest absolute Gasteiger partial charge is 0.223 e. The topological polar surface area (TPSA) is 66.6 Å². The Labute approximate surface area is 156 Å². The number of carbonyl (C=O) groups is 1. The Hall–Kier alpha value is -1.10. The van der Waals surface area contributed by atoms with Gasteiger partial charge in [-0.05, 0) is 24.8 Å². The number of piperidine rings is 1. The maximum Gasteiger partial charge on any atom is 0.223 e. The minimum Gasteiger partial charge on any atom is -0.389 e. The summed E-state index contributed by atoms with van der Waals surface area (Å²) in [6.45, 7) is 4.36. The molecule has 140 valence electrons. The lowest BCUT2D eigenvalue weighted by atomic mass is 9.76. The highest BCUT2D eigenvalue weighted by Crippen LogP contribution is 2.34. The number of nitrogens with two attached hydrogens (primary N) is 1.